The molecule has 0 aliphatic carbocycles. The summed E-state index contributed by atoms with van der Waals surface area (Å²) in [5.41, 5.74) is 0. The predicted molar refractivity (Wildman–Crippen MR) is 53.0 cm³/mol. The molecular weight excluding hydrogens is 222 g/mol. The first kappa shape index (κ1) is 12.4. The van der Waals surface area contributed by atoms with Gasteiger partial charge in [0.05, 0.1) is 6.10 Å². The van der Waals surface area contributed by atoms with E-state index in [0.717, 1.165) is 6.42 Å². The van der Waals surface area contributed by atoms with Crippen molar-refractivity contribution in [2.75, 3.05) is 26.0 Å². The smallest absolute Gasteiger partial charge is 0.320 e. The minimum atomic E-state index is -3.67. The number of hydrogen-bond acceptors (Lipinski definition) is 4. The highest BCUT2D eigenvalue weighted by Crippen LogP contribution is 2.16. The minimum absolute atomic E-state index is 0.123. The second-order valence-corrected chi connectivity index (χ2v) is 5.48. The van der Waals surface area contributed by atoms with Crippen LogP contribution < -0.4 is 0 Å². The predicted octanol–water partition coefficient (Wildman–Crippen LogP) is -0.488. The van der Waals surface area contributed by atoms with Crippen molar-refractivity contribution in [1.82, 2.24) is 4.31 Å². The van der Waals surface area contributed by atoms with Crippen molar-refractivity contribution >= 4 is 16.0 Å². The molecule has 1 N–H and O–H groups in total. The van der Waals surface area contributed by atoms with E-state index in [2.05, 4.69) is 0 Å². The van der Waals surface area contributed by atoms with E-state index in [1.165, 1.54) is 11.4 Å². The molecule has 1 heterocycles. The molecule has 0 saturated carbocycles. The number of aliphatic carboxylic acids is 1. The highest BCUT2D eigenvalue weighted by molar-refractivity contribution is 7.89. The van der Waals surface area contributed by atoms with Gasteiger partial charge >= 0.3 is 5.97 Å². The molecule has 0 aromatic rings. The van der Waals surface area contributed by atoms with Crippen LogP contribution in [-0.2, 0) is 19.6 Å². The summed E-state index contributed by atoms with van der Waals surface area (Å²) >= 11 is 0. The summed E-state index contributed by atoms with van der Waals surface area (Å²) in [6.45, 7) is 0.640. The first-order valence-corrected chi connectivity index (χ1v) is 6.29. The fourth-order valence-electron chi connectivity index (χ4n) is 1.60. The van der Waals surface area contributed by atoms with Crippen LogP contribution in [0.4, 0.5) is 0 Å². The summed E-state index contributed by atoms with van der Waals surface area (Å²) in [5, 5.41) is 8.47. The topological polar surface area (TPSA) is 83.9 Å². The number of hydrogen-bond donors (Lipinski definition) is 1. The molecule has 0 aromatic heterocycles. The van der Waals surface area contributed by atoms with E-state index < -0.39 is 21.7 Å². The maximum atomic E-state index is 11.5. The van der Waals surface area contributed by atoms with Crippen LogP contribution in [0.3, 0.4) is 0 Å². The van der Waals surface area contributed by atoms with Crippen molar-refractivity contribution < 1.29 is 23.1 Å². The van der Waals surface area contributed by atoms with E-state index in [9.17, 15) is 13.2 Å². The van der Waals surface area contributed by atoms with Gasteiger partial charge in [-0.15, -0.1) is 0 Å². The Bertz CT molecular complexity index is 326. The lowest BCUT2D eigenvalue weighted by atomic mass is 10.1. The summed E-state index contributed by atoms with van der Waals surface area (Å²) in [6, 6.07) is 0. The number of carboxylic acid groups (broad SMARTS) is 1. The number of nitrogens with zero attached hydrogens (tertiary/aromatic N) is 1. The van der Waals surface area contributed by atoms with E-state index in [-0.39, 0.29) is 12.6 Å². The lowest BCUT2D eigenvalue weighted by Gasteiger charge is -2.30. The monoisotopic (exact) mass is 237 g/mol. The van der Waals surface area contributed by atoms with Gasteiger partial charge in [-0.25, -0.2) is 8.42 Å². The van der Waals surface area contributed by atoms with Crippen molar-refractivity contribution in [3.8, 4) is 0 Å². The third kappa shape index (κ3) is 3.44. The third-order valence-electron chi connectivity index (χ3n) is 2.37. The molecule has 0 amide bonds. The second-order valence-electron chi connectivity index (χ2n) is 3.51. The molecule has 0 aromatic carbocycles. The summed E-state index contributed by atoms with van der Waals surface area (Å²) in [6.07, 6.45) is 1.40. The maximum absolute atomic E-state index is 11.5. The standard InChI is InChI=1S/C8H15NO5S/c1-14-7-3-2-4-9(5-7)15(12,13)6-8(10)11/h7H,2-6H2,1H3,(H,10,11). The van der Waals surface area contributed by atoms with Gasteiger partial charge in [-0.2, -0.15) is 4.31 Å². The zero-order valence-corrected chi connectivity index (χ0v) is 9.37. The molecule has 88 valence electrons. The number of carbonyl (C=O) groups is 1. The Hall–Kier alpha value is -0.660. The molecule has 15 heavy (non-hydrogen) atoms. The highest BCUT2D eigenvalue weighted by Gasteiger charge is 2.30. The molecule has 1 fully saturated rings. The van der Waals surface area contributed by atoms with Gasteiger partial charge in [-0.1, -0.05) is 0 Å². The van der Waals surface area contributed by atoms with Crippen LogP contribution in [-0.4, -0.2) is 55.9 Å². The number of piperidine rings is 1. The Morgan fingerprint density at radius 1 is 1.60 bits per heavy atom. The van der Waals surface area contributed by atoms with Gasteiger partial charge in [0.15, 0.2) is 5.75 Å². The Morgan fingerprint density at radius 2 is 2.27 bits per heavy atom. The number of rotatable bonds is 4. The average Bonchev–Trinajstić information content (AvgIpc) is 2.16. The zero-order chi connectivity index (χ0) is 11.5. The van der Waals surface area contributed by atoms with Crippen molar-refractivity contribution in [3.63, 3.8) is 0 Å². The van der Waals surface area contributed by atoms with E-state index >= 15 is 0 Å². The lowest BCUT2D eigenvalue weighted by molar-refractivity contribution is -0.134. The lowest BCUT2D eigenvalue weighted by Crippen LogP contribution is -2.44. The molecule has 7 heteroatoms. The van der Waals surface area contributed by atoms with Crippen molar-refractivity contribution in [2.24, 2.45) is 0 Å². The zero-order valence-electron chi connectivity index (χ0n) is 8.55. The maximum Gasteiger partial charge on any atom is 0.320 e. The first-order valence-electron chi connectivity index (χ1n) is 4.68. The second kappa shape index (κ2) is 4.91. The van der Waals surface area contributed by atoms with Gasteiger partial charge in [0.1, 0.15) is 0 Å². The Labute approximate surface area is 88.9 Å². The van der Waals surface area contributed by atoms with Crippen LogP contribution in [0.15, 0.2) is 0 Å². The van der Waals surface area contributed by atoms with Crippen molar-refractivity contribution in [2.45, 2.75) is 18.9 Å². The molecule has 1 aliphatic heterocycles. The van der Waals surface area contributed by atoms with Gasteiger partial charge in [0.25, 0.3) is 0 Å². The minimum Gasteiger partial charge on any atom is -0.480 e. The number of carboxylic acids is 1. The molecule has 1 saturated heterocycles. The number of sulfonamides is 1. The van der Waals surface area contributed by atoms with E-state index in [1.54, 1.807) is 0 Å². The molecule has 1 atom stereocenters. The molecule has 1 rings (SSSR count). The number of ether oxygens (including phenoxy) is 1. The van der Waals surface area contributed by atoms with Crippen molar-refractivity contribution in [3.05, 3.63) is 0 Å². The SMILES string of the molecule is COC1CCCN(S(=O)(=O)CC(=O)O)C1. The fraction of sp³-hybridized carbons (Fsp3) is 0.875. The largest absolute Gasteiger partial charge is 0.480 e. The first-order chi connectivity index (χ1) is 6.95. The Kier molecular flexibility index (Phi) is 4.06. The molecule has 6 nitrogen and oxygen atoms in total. The van der Waals surface area contributed by atoms with Crippen LogP contribution in [0.25, 0.3) is 0 Å². The normalized spacial score (nSPS) is 23.9. The molecule has 0 radical (unpaired) electrons. The van der Waals surface area contributed by atoms with Crippen LogP contribution in [0.5, 0.6) is 0 Å². The average molecular weight is 237 g/mol. The van der Waals surface area contributed by atoms with Crippen LogP contribution >= 0.6 is 0 Å². The Morgan fingerprint density at radius 3 is 2.80 bits per heavy atom. The molecule has 1 unspecified atom stereocenters. The van der Waals surface area contributed by atoms with Gasteiger partial charge in [-0.3, -0.25) is 4.79 Å². The van der Waals surface area contributed by atoms with Gasteiger partial charge in [-0.05, 0) is 12.8 Å². The fourth-order valence-corrected chi connectivity index (χ4v) is 2.89. The quantitative estimate of drug-likeness (QED) is 0.713. The summed E-state index contributed by atoms with van der Waals surface area (Å²) in [4.78, 5) is 10.4. The van der Waals surface area contributed by atoms with Crippen LogP contribution in [0.1, 0.15) is 12.8 Å². The summed E-state index contributed by atoms with van der Waals surface area (Å²) in [5.74, 6) is -2.17. The van der Waals surface area contributed by atoms with Crippen LogP contribution in [0, 0.1) is 0 Å². The molecule has 0 spiro atoms. The summed E-state index contributed by atoms with van der Waals surface area (Å²) < 4.78 is 29.4. The summed E-state index contributed by atoms with van der Waals surface area (Å²) in [7, 11) is -2.15. The molecule has 1 aliphatic rings. The van der Waals surface area contributed by atoms with E-state index in [1.807, 2.05) is 0 Å². The highest BCUT2D eigenvalue weighted by atomic mass is 32.2. The van der Waals surface area contributed by atoms with Gasteiger partial charge in [0, 0.05) is 20.2 Å². The van der Waals surface area contributed by atoms with E-state index in [0.29, 0.717) is 13.0 Å². The van der Waals surface area contributed by atoms with E-state index in [4.69, 9.17) is 9.84 Å². The molecule has 0 bridgehead atoms. The Balaban J connectivity index is 2.66. The third-order valence-corrected chi connectivity index (χ3v) is 4.10. The van der Waals surface area contributed by atoms with Gasteiger partial charge < -0.3 is 9.84 Å². The van der Waals surface area contributed by atoms with Gasteiger partial charge in [0.2, 0.25) is 10.0 Å². The number of methoxy groups -OCH3 is 1. The van der Waals surface area contributed by atoms with Crippen LogP contribution in [0.2, 0.25) is 0 Å². The van der Waals surface area contributed by atoms with Crippen molar-refractivity contribution in [1.29, 1.82) is 0 Å². The molecular formula is C8H15NO5S.